The van der Waals surface area contributed by atoms with E-state index < -0.39 is 5.82 Å². The first kappa shape index (κ1) is 16.1. The molecule has 2 rings (SSSR count). The number of carbonyl (C=O) groups is 1. The van der Waals surface area contributed by atoms with E-state index in [1.807, 2.05) is 11.8 Å². The van der Waals surface area contributed by atoms with Crippen LogP contribution in [0.3, 0.4) is 0 Å². The molecule has 1 aliphatic carbocycles. The van der Waals surface area contributed by atoms with Crippen molar-refractivity contribution in [3.05, 3.63) is 29.0 Å². The molecule has 1 amide bonds. The Bertz CT molecular complexity index is 489. The highest BCUT2D eigenvalue weighted by molar-refractivity contribution is 6.30. The Morgan fingerprint density at radius 3 is 2.71 bits per heavy atom. The molecule has 0 radical (unpaired) electrons. The Kier molecular flexibility index (Phi) is 5.85. The third-order valence-electron chi connectivity index (χ3n) is 3.93. The summed E-state index contributed by atoms with van der Waals surface area (Å²) in [5, 5.41) is -0.000392. The van der Waals surface area contributed by atoms with E-state index in [-0.39, 0.29) is 17.5 Å². The number of hydrogen-bond donors (Lipinski definition) is 0. The van der Waals surface area contributed by atoms with E-state index in [4.69, 9.17) is 16.3 Å². The third-order valence-corrected chi connectivity index (χ3v) is 4.22. The van der Waals surface area contributed by atoms with Crippen molar-refractivity contribution in [2.24, 2.45) is 0 Å². The molecule has 1 aromatic carbocycles. The van der Waals surface area contributed by atoms with Crippen LogP contribution in [0.25, 0.3) is 0 Å². The molecule has 0 unspecified atom stereocenters. The Balaban J connectivity index is 1.91. The number of nitrogens with zero attached hydrogens (tertiary/aromatic N) is 1. The number of amides is 1. The van der Waals surface area contributed by atoms with Crippen LogP contribution in [0.5, 0.6) is 5.75 Å². The quantitative estimate of drug-likeness (QED) is 0.821. The molecule has 0 aromatic heterocycles. The zero-order valence-electron chi connectivity index (χ0n) is 12.3. The maximum atomic E-state index is 13.1. The number of hydrogen-bond acceptors (Lipinski definition) is 2. The van der Waals surface area contributed by atoms with Crippen molar-refractivity contribution in [1.29, 1.82) is 0 Å². The monoisotopic (exact) mass is 313 g/mol. The predicted molar refractivity (Wildman–Crippen MR) is 81.2 cm³/mol. The standard InChI is InChI=1S/C16H21ClFNO2/c1-2-19(12-6-4-3-5-7-12)16(20)11-21-13-8-9-15(18)14(17)10-13/h8-10,12H,2-7,11H2,1H3. The summed E-state index contributed by atoms with van der Waals surface area (Å²) in [5.74, 6) is -0.105. The third kappa shape index (κ3) is 4.34. The summed E-state index contributed by atoms with van der Waals surface area (Å²) in [6.45, 7) is 2.64. The van der Waals surface area contributed by atoms with Crippen LogP contribution in [-0.4, -0.2) is 30.0 Å². The van der Waals surface area contributed by atoms with E-state index in [2.05, 4.69) is 0 Å². The molecule has 1 fully saturated rings. The number of benzene rings is 1. The zero-order chi connectivity index (χ0) is 15.2. The van der Waals surface area contributed by atoms with Gasteiger partial charge in [-0.05, 0) is 31.9 Å². The van der Waals surface area contributed by atoms with Gasteiger partial charge in [0.2, 0.25) is 0 Å². The highest BCUT2D eigenvalue weighted by Crippen LogP contribution is 2.23. The second kappa shape index (κ2) is 7.64. The summed E-state index contributed by atoms with van der Waals surface area (Å²) in [6, 6.07) is 4.43. The lowest BCUT2D eigenvalue weighted by molar-refractivity contribution is -0.136. The average molecular weight is 314 g/mol. The van der Waals surface area contributed by atoms with E-state index >= 15 is 0 Å². The van der Waals surface area contributed by atoms with Crippen LogP contribution in [0.2, 0.25) is 5.02 Å². The highest BCUT2D eigenvalue weighted by Gasteiger charge is 2.24. The Morgan fingerprint density at radius 2 is 2.10 bits per heavy atom. The van der Waals surface area contributed by atoms with Gasteiger partial charge in [0.15, 0.2) is 6.61 Å². The Hall–Kier alpha value is -1.29. The Morgan fingerprint density at radius 1 is 1.38 bits per heavy atom. The van der Waals surface area contributed by atoms with Gasteiger partial charge < -0.3 is 9.64 Å². The van der Waals surface area contributed by atoms with Gasteiger partial charge >= 0.3 is 0 Å². The van der Waals surface area contributed by atoms with Crippen molar-refractivity contribution >= 4 is 17.5 Å². The van der Waals surface area contributed by atoms with E-state index in [9.17, 15) is 9.18 Å². The minimum Gasteiger partial charge on any atom is -0.484 e. The fraction of sp³-hybridized carbons (Fsp3) is 0.562. The van der Waals surface area contributed by atoms with Crippen LogP contribution < -0.4 is 4.74 Å². The first-order valence-electron chi connectivity index (χ1n) is 7.49. The zero-order valence-corrected chi connectivity index (χ0v) is 13.0. The predicted octanol–water partition coefficient (Wildman–Crippen LogP) is 4.04. The van der Waals surface area contributed by atoms with Gasteiger partial charge in [-0.15, -0.1) is 0 Å². The summed E-state index contributed by atoms with van der Waals surface area (Å²) in [7, 11) is 0. The summed E-state index contributed by atoms with van der Waals surface area (Å²) in [6.07, 6.45) is 5.77. The number of rotatable bonds is 5. The average Bonchev–Trinajstić information content (AvgIpc) is 2.50. The Labute approximate surface area is 130 Å². The molecule has 0 spiro atoms. The molecule has 0 bridgehead atoms. The van der Waals surface area contributed by atoms with Crippen LogP contribution in [0.15, 0.2) is 18.2 Å². The molecule has 3 nitrogen and oxygen atoms in total. The molecule has 5 heteroatoms. The van der Waals surface area contributed by atoms with Gasteiger partial charge in [-0.2, -0.15) is 0 Å². The summed E-state index contributed by atoms with van der Waals surface area (Å²) in [5.41, 5.74) is 0. The van der Waals surface area contributed by atoms with E-state index in [0.29, 0.717) is 18.3 Å². The number of ether oxygens (including phenoxy) is 1. The second-order valence-electron chi connectivity index (χ2n) is 5.34. The maximum Gasteiger partial charge on any atom is 0.260 e. The van der Waals surface area contributed by atoms with Crippen LogP contribution in [0, 0.1) is 5.82 Å². The van der Waals surface area contributed by atoms with E-state index in [0.717, 1.165) is 12.8 Å². The first-order chi connectivity index (χ1) is 10.1. The fourth-order valence-electron chi connectivity index (χ4n) is 2.83. The van der Waals surface area contributed by atoms with Gasteiger partial charge in [-0.25, -0.2) is 4.39 Å². The molecular weight excluding hydrogens is 293 g/mol. The molecular formula is C16H21ClFNO2. The van der Waals surface area contributed by atoms with E-state index in [1.165, 1.54) is 37.5 Å². The second-order valence-corrected chi connectivity index (χ2v) is 5.74. The molecule has 0 aliphatic heterocycles. The van der Waals surface area contributed by atoms with Gasteiger partial charge in [0.1, 0.15) is 11.6 Å². The molecule has 0 heterocycles. The van der Waals surface area contributed by atoms with Gasteiger partial charge in [0.05, 0.1) is 5.02 Å². The number of carbonyl (C=O) groups excluding carboxylic acids is 1. The highest BCUT2D eigenvalue weighted by atomic mass is 35.5. The minimum atomic E-state index is -0.493. The van der Waals surface area contributed by atoms with Crippen molar-refractivity contribution in [2.75, 3.05) is 13.2 Å². The number of likely N-dealkylation sites (N-methyl/N-ethyl adjacent to an activating group) is 1. The molecule has 21 heavy (non-hydrogen) atoms. The van der Waals surface area contributed by atoms with Gasteiger partial charge in [-0.3, -0.25) is 4.79 Å². The topological polar surface area (TPSA) is 29.5 Å². The molecule has 0 atom stereocenters. The van der Waals surface area contributed by atoms with Crippen LogP contribution in [0.4, 0.5) is 4.39 Å². The fourth-order valence-corrected chi connectivity index (χ4v) is 3.00. The number of halogens is 2. The van der Waals surface area contributed by atoms with Gasteiger partial charge in [0, 0.05) is 18.7 Å². The van der Waals surface area contributed by atoms with Gasteiger partial charge in [0.25, 0.3) is 5.91 Å². The largest absolute Gasteiger partial charge is 0.484 e. The van der Waals surface area contributed by atoms with Crippen molar-refractivity contribution in [1.82, 2.24) is 4.90 Å². The molecule has 1 aromatic rings. The molecule has 0 N–H and O–H groups in total. The lowest BCUT2D eigenvalue weighted by Gasteiger charge is -2.33. The molecule has 1 aliphatic rings. The lowest BCUT2D eigenvalue weighted by Crippen LogP contribution is -2.43. The van der Waals surface area contributed by atoms with Crippen molar-refractivity contribution < 1.29 is 13.9 Å². The van der Waals surface area contributed by atoms with Gasteiger partial charge in [-0.1, -0.05) is 30.9 Å². The maximum absolute atomic E-state index is 13.1. The molecule has 116 valence electrons. The first-order valence-corrected chi connectivity index (χ1v) is 7.87. The normalized spacial score (nSPS) is 15.8. The summed E-state index contributed by atoms with van der Waals surface area (Å²) < 4.78 is 18.5. The minimum absolute atomic E-state index is 0.000392. The van der Waals surface area contributed by atoms with Crippen molar-refractivity contribution in [3.63, 3.8) is 0 Å². The van der Waals surface area contributed by atoms with Crippen LogP contribution in [-0.2, 0) is 4.79 Å². The van der Waals surface area contributed by atoms with Crippen molar-refractivity contribution in [3.8, 4) is 5.75 Å². The molecule has 0 saturated heterocycles. The summed E-state index contributed by atoms with van der Waals surface area (Å²) in [4.78, 5) is 14.2. The smallest absolute Gasteiger partial charge is 0.260 e. The van der Waals surface area contributed by atoms with E-state index in [1.54, 1.807) is 0 Å². The SMILES string of the molecule is CCN(C(=O)COc1ccc(F)c(Cl)c1)C1CCCCC1. The molecule has 1 saturated carbocycles. The van der Waals surface area contributed by atoms with Crippen LogP contribution >= 0.6 is 11.6 Å². The summed E-state index contributed by atoms with van der Waals surface area (Å²) >= 11 is 5.69. The van der Waals surface area contributed by atoms with Crippen LogP contribution in [0.1, 0.15) is 39.0 Å². The lowest BCUT2D eigenvalue weighted by atomic mass is 9.94. The van der Waals surface area contributed by atoms with Crippen molar-refractivity contribution in [2.45, 2.75) is 45.1 Å².